The van der Waals surface area contributed by atoms with Gasteiger partial charge < -0.3 is 15.4 Å². The fourth-order valence-electron chi connectivity index (χ4n) is 1.54. The zero-order valence-corrected chi connectivity index (χ0v) is 10.3. The van der Waals surface area contributed by atoms with Crippen LogP contribution < -0.4 is 10.9 Å². The molecule has 0 aliphatic carbocycles. The molecule has 0 bridgehead atoms. The Hall–Kier alpha value is -2.96. The summed E-state index contributed by atoms with van der Waals surface area (Å²) in [6.07, 6.45) is 1.18. The number of pyridine rings is 2. The predicted octanol–water partition coefficient (Wildman–Crippen LogP) is 0.649. The maximum atomic E-state index is 11.8. The highest BCUT2D eigenvalue weighted by molar-refractivity contribution is 6.02. The molecule has 1 amide bonds. The summed E-state index contributed by atoms with van der Waals surface area (Å²) >= 11 is 0. The third-order valence-corrected chi connectivity index (χ3v) is 2.43. The van der Waals surface area contributed by atoms with E-state index in [0.717, 1.165) is 0 Å². The first-order valence-electron chi connectivity index (χ1n) is 5.72. The fraction of sp³-hybridized carbons (Fsp3) is 0.0769. The molecule has 0 radical (unpaired) electrons. The quantitative estimate of drug-likeness (QED) is 0.757. The summed E-state index contributed by atoms with van der Waals surface area (Å²) in [5, 5.41) is 11.2. The van der Waals surface area contributed by atoms with E-state index in [9.17, 15) is 14.4 Å². The molecule has 7 nitrogen and oxygen atoms in total. The van der Waals surface area contributed by atoms with E-state index in [-0.39, 0.29) is 17.7 Å². The van der Waals surface area contributed by atoms with Crippen LogP contribution in [0.25, 0.3) is 0 Å². The van der Waals surface area contributed by atoms with Gasteiger partial charge in [-0.25, -0.2) is 0 Å². The molecule has 7 heteroatoms. The molecule has 0 fully saturated rings. The largest absolute Gasteiger partial charge is 0.481 e. The molecule has 2 heterocycles. The van der Waals surface area contributed by atoms with Crippen LogP contribution in [0.1, 0.15) is 16.2 Å². The van der Waals surface area contributed by atoms with Gasteiger partial charge in [-0.2, -0.15) is 0 Å². The van der Waals surface area contributed by atoms with Gasteiger partial charge >= 0.3 is 5.97 Å². The van der Waals surface area contributed by atoms with Gasteiger partial charge in [0.25, 0.3) is 5.91 Å². The van der Waals surface area contributed by atoms with Crippen LogP contribution in [-0.2, 0) is 11.2 Å². The number of aliphatic carboxylic acids is 1. The highest BCUT2D eigenvalue weighted by Crippen LogP contribution is 2.08. The highest BCUT2D eigenvalue weighted by atomic mass is 16.4. The lowest BCUT2D eigenvalue weighted by atomic mass is 10.2. The summed E-state index contributed by atoms with van der Waals surface area (Å²) < 4.78 is 0. The first-order valence-corrected chi connectivity index (χ1v) is 5.72. The molecule has 0 aromatic carbocycles. The first-order chi connectivity index (χ1) is 9.54. The van der Waals surface area contributed by atoms with Gasteiger partial charge in [0.1, 0.15) is 5.69 Å². The maximum absolute atomic E-state index is 11.8. The van der Waals surface area contributed by atoms with E-state index in [1.54, 1.807) is 6.07 Å². The van der Waals surface area contributed by atoms with Crippen LogP contribution in [0.5, 0.6) is 0 Å². The van der Waals surface area contributed by atoms with Crippen LogP contribution in [0.15, 0.2) is 41.3 Å². The van der Waals surface area contributed by atoms with E-state index in [2.05, 4.69) is 15.3 Å². The van der Waals surface area contributed by atoms with Crippen LogP contribution in [-0.4, -0.2) is 27.0 Å². The number of amides is 1. The second-order valence-electron chi connectivity index (χ2n) is 3.99. The molecule has 2 aromatic heterocycles. The van der Waals surface area contributed by atoms with Gasteiger partial charge in [0.2, 0.25) is 5.56 Å². The normalized spacial score (nSPS) is 10.0. The Kier molecular flexibility index (Phi) is 3.90. The van der Waals surface area contributed by atoms with E-state index < -0.39 is 11.9 Å². The lowest BCUT2D eigenvalue weighted by molar-refractivity contribution is -0.136. The van der Waals surface area contributed by atoms with Gasteiger partial charge in [0, 0.05) is 6.07 Å². The molecule has 0 saturated heterocycles. The second kappa shape index (κ2) is 5.79. The predicted molar refractivity (Wildman–Crippen MR) is 70.6 cm³/mol. The van der Waals surface area contributed by atoms with Crippen LogP contribution in [0.2, 0.25) is 0 Å². The van der Waals surface area contributed by atoms with Gasteiger partial charge in [-0.15, -0.1) is 0 Å². The molecule has 0 aliphatic rings. The van der Waals surface area contributed by atoms with Crippen LogP contribution in [0.3, 0.4) is 0 Å². The molecule has 20 heavy (non-hydrogen) atoms. The number of carbonyl (C=O) groups is 2. The number of carbonyl (C=O) groups excluding carboxylic acids is 1. The van der Waals surface area contributed by atoms with Crippen molar-refractivity contribution in [1.82, 2.24) is 9.97 Å². The Labute approximate surface area is 113 Å². The summed E-state index contributed by atoms with van der Waals surface area (Å²) in [6.45, 7) is 0. The topological polar surface area (TPSA) is 112 Å². The van der Waals surface area contributed by atoms with E-state index in [0.29, 0.717) is 11.4 Å². The number of anilines is 1. The number of aromatic amines is 1. The fourth-order valence-corrected chi connectivity index (χ4v) is 1.54. The van der Waals surface area contributed by atoms with Crippen molar-refractivity contribution in [3.05, 3.63) is 58.3 Å². The van der Waals surface area contributed by atoms with Gasteiger partial charge in [0.05, 0.1) is 24.0 Å². The Morgan fingerprint density at radius 3 is 2.65 bits per heavy atom. The van der Waals surface area contributed by atoms with Gasteiger partial charge in [-0.1, -0.05) is 6.07 Å². The number of hydrogen-bond donors (Lipinski definition) is 3. The lowest BCUT2D eigenvalue weighted by Gasteiger charge is -2.05. The summed E-state index contributed by atoms with van der Waals surface area (Å²) in [5.74, 6) is -1.45. The molecule has 0 atom stereocenters. The van der Waals surface area contributed by atoms with E-state index in [1.807, 2.05) is 0 Å². The van der Waals surface area contributed by atoms with E-state index >= 15 is 0 Å². The molecular weight excluding hydrogens is 262 g/mol. The minimum Gasteiger partial charge on any atom is -0.481 e. The average molecular weight is 273 g/mol. The van der Waals surface area contributed by atoms with Crippen LogP contribution in [0.4, 0.5) is 5.69 Å². The standard InChI is InChI=1S/C13H11N3O4/c17-11-3-1-2-10(16-11)13(20)15-9-5-4-8(14-7-9)6-12(18)19/h1-5,7H,6H2,(H,15,20)(H,16,17)(H,18,19). The zero-order chi connectivity index (χ0) is 14.5. The summed E-state index contributed by atoms with van der Waals surface area (Å²) in [4.78, 5) is 39.7. The van der Waals surface area contributed by atoms with Gasteiger partial charge in [-0.3, -0.25) is 19.4 Å². The number of rotatable bonds is 4. The SMILES string of the molecule is O=C(O)Cc1ccc(NC(=O)c2cccc(=O)[nH]2)cn1. The summed E-state index contributed by atoms with van der Waals surface area (Å²) in [5.41, 5.74) is 0.567. The van der Waals surface area contributed by atoms with Crippen molar-refractivity contribution in [3.63, 3.8) is 0 Å². The van der Waals surface area contributed by atoms with Crippen LogP contribution >= 0.6 is 0 Å². The second-order valence-corrected chi connectivity index (χ2v) is 3.99. The number of H-pyrrole nitrogens is 1. The Morgan fingerprint density at radius 1 is 1.25 bits per heavy atom. The smallest absolute Gasteiger partial charge is 0.309 e. The Morgan fingerprint density at radius 2 is 2.05 bits per heavy atom. The monoisotopic (exact) mass is 273 g/mol. The van der Waals surface area contributed by atoms with Crippen LogP contribution in [0, 0.1) is 0 Å². The van der Waals surface area contributed by atoms with E-state index in [4.69, 9.17) is 5.11 Å². The van der Waals surface area contributed by atoms with Crippen molar-refractivity contribution in [1.29, 1.82) is 0 Å². The number of nitrogens with zero attached hydrogens (tertiary/aromatic N) is 1. The van der Waals surface area contributed by atoms with Crippen molar-refractivity contribution < 1.29 is 14.7 Å². The van der Waals surface area contributed by atoms with Crippen molar-refractivity contribution >= 4 is 17.6 Å². The molecular formula is C13H11N3O4. The maximum Gasteiger partial charge on any atom is 0.309 e. The van der Waals surface area contributed by atoms with E-state index in [1.165, 1.54) is 30.5 Å². The number of aromatic nitrogens is 2. The number of nitrogens with one attached hydrogen (secondary N) is 2. The molecule has 102 valence electrons. The number of carboxylic acid groups (broad SMARTS) is 1. The molecule has 2 rings (SSSR count). The van der Waals surface area contributed by atoms with Crippen molar-refractivity contribution in [3.8, 4) is 0 Å². The van der Waals surface area contributed by atoms with Crippen molar-refractivity contribution in [2.75, 3.05) is 5.32 Å². The summed E-state index contributed by atoms with van der Waals surface area (Å²) in [7, 11) is 0. The Balaban J connectivity index is 2.08. The minimum atomic E-state index is -0.976. The Bertz CT molecular complexity index is 691. The first kappa shape index (κ1) is 13.5. The number of carboxylic acids is 1. The third kappa shape index (κ3) is 3.52. The zero-order valence-electron chi connectivity index (χ0n) is 10.3. The third-order valence-electron chi connectivity index (χ3n) is 2.43. The van der Waals surface area contributed by atoms with Crippen molar-refractivity contribution in [2.24, 2.45) is 0 Å². The molecule has 0 unspecified atom stereocenters. The van der Waals surface area contributed by atoms with Crippen molar-refractivity contribution in [2.45, 2.75) is 6.42 Å². The average Bonchev–Trinajstić information content (AvgIpc) is 2.40. The molecule has 0 spiro atoms. The molecule has 0 aliphatic heterocycles. The highest BCUT2D eigenvalue weighted by Gasteiger charge is 2.07. The van der Waals surface area contributed by atoms with Gasteiger partial charge in [0.15, 0.2) is 0 Å². The number of hydrogen-bond acceptors (Lipinski definition) is 4. The minimum absolute atomic E-state index is 0.132. The summed E-state index contributed by atoms with van der Waals surface area (Å²) in [6, 6.07) is 7.31. The molecule has 0 saturated carbocycles. The van der Waals surface area contributed by atoms with Gasteiger partial charge in [-0.05, 0) is 18.2 Å². The molecule has 3 N–H and O–H groups in total. The lowest BCUT2D eigenvalue weighted by Crippen LogP contribution is -2.18. The molecule has 2 aromatic rings.